The van der Waals surface area contributed by atoms with Crippen molar-refractivity contribution in [2.75, 3.05) is 26.7 Å². The second-order valence-electron chi connectivity index (χ2n) is 7.10. The number of methoxy groups -OCH3 is 1. The summed E-state index contributed by atoms with van der Waals surface area (Å²) in [6.07, 6.45) is 0.0472. The standard InChI is InChI=1S/C23H30N2O5S/c1-5-25(6-2)31(28,29)20-13-12-18(3)21(16-20)23(27)24(15-14-22(26)30-4)17-19-10-8-7-9-11-19/h7-13,16H,5-6,14-15,17H2,1-4H3. The minimum atomic E-state index is -3.70. The monoisotopic (exact) mass is 446 g/mol. The Morgan fingerprint density at radius 2 is 1.65 bits per heavy atom. The Morgan fingerprint density at radius 3 is 2.23 bits per heavy atom. The van der Waals surface area contributed by atoms with Crippen molar-refractivity contribution >= 4 is 21.9 Å². The Hall–Kier alpha value is -2.71. The SMILES string of the molecule is CCN(CC)S(=O)(=O)c1ccc(C)c(C(=O)N(CCC(=O)OC)Cc2ccccc2)c1. The van der Waals surface area contributed by atoms with Crippen LogP contribution in [0.2, 0.25) is 0 Å². The molecule has 0 radical (unpaired) electrons. The van der Waals surface area contributed by atoms with Crippen LogP contribution in [0.4, 0.5) is 0 Å². The summed E-state index contributed by atoms with van der Waals surface area (Å²) < 4.78 is 31.9. The third-order valence-corrected chi connectivity index (χ3v) is 7.15. The van der Waals surface area contributed by atoms with Gasteiger partial charge in [-0.05, 0) is 30.2 Å². The normalized spacial score (nSPS) is 11.4. The lowest BCUT2D eigenvalue weighted by Crippen LogP contribution is -2.34. The van der Waals surface area contributed by atoms with Gasteiger partial charge in [-0.3, -0.25) is 9.59 Å². The van der Waals surface area contributed by atoms with Gasteiger partial charge in [0, 0.05) is 31.7 Å². The fraction of sp³-hybridized carbons (Fsp3) is 0.391. The number of hydrogen-bond donors (Lipinski definition) is 0. The van der Waals surface area contributed by atoms with E-state index in [2.05, 4.69) is 0 Å². The molecular formula is C23H30N2O5S. The van der Waals surface area contributed by atoms with E-state index in [9.17, 15) is 18.0 Å². The number of sulfonamides is 1. The molecule has 0 atom stereocenters. The largest absolute Gasteiger partial charge is 0.469 e. The molecule has 168 valence electrons. The van der Waals surface area contributed by atoms with Crippen LogP contribution in [0, 0.1) is 6.92 Å². The summed E-state index contributed by atoms with van der Waals surface area (Å²) in [5.41, 5.74) is 1.87. The summed E-state index contributed by atoms with van der Waals surface area (Å²) in [5, 5.41) is 0. The molecular weight excluding hydrogens is 416 g/mol. The van der Waals surface area contributed by atoms with Gasteiger partial charge >= 0.3 is 5.97 Å². The number of carbonyl (C=O) groups excluding carboxylic acids is 2. The second kappa shape index (κ2) is 11.1. The van der Waals surface area contributed by atoms with Crippen LogP contribution in [0.25, 0.3) is 0 Å². The molecule has 31 heavy (non-hydrogen) atoms. The number of rotatable bonds is 10. The molecule has 0 heterocycles. The first kappa shape index (κ1) is 24.6. The highest BCUT2D eigenvalue weighted by Gasteiger charge is 2.25. The number of ether oxygens (including phenoxy) is 1. The molecule has 0 saturated carbocycles. The number of nitrogens with zero attached hydrogens (tertiary/aromatic N) is 2. The number of amides is 1. The zero-order valence-electron chi connectivity index (χ0n) is 18.5. The maximum atomic E-state index is 13.4. The highest BCUT2D eigenvalue weighted by molar-refractivity contribution is 7.89. The van der Waals surface area contributed by atoms with Gasteiger partial charge in [0.25, 0.3) is 5.91 Å². The van der Waals surface area contributed by atoms with E-state index in [0.717, 1.165) is 5.56 Å². The van der Waals surface area contributed by atoms with Gasteiger partial charge < -0.3 is 9.64 Å². The quantitative estimate of drug-likeness (QED) is 0.523. The fourth-order valence-electron chi connectivity index (χ4n) is 3.26. The van der Waals surface area contributed by atoms with E-state index in [1.807, 2.05) is 30.3 Å². The predicted molar refractivity (Wildman–Crippen MR) is 119 cm³/mol. The van der Waals surface area contributed by atoms with Crippen LogP contribution in [0.5, 0.6) is 0 Å². The predicted octanol–water partition coefficient (Wildman–Crippen LogP) is 3.23. The molecule has 0 aliphatic rings. The molecule has 0 saturated heterocycles. The molecule has 1 amide bonds. The summed E-state index contributed by atoms with van der Waals surface area (Å²) in [6, 6.07) is 14.0. The summed E-state index contributed by atoms with van der Waals surface area (Å²) in [6.45, 7) is 6.45. The van der Waals surface area contributed by atoms with Gasteiger partial charge in [0.15, 0.2) is 0 Å². The lowest BCUT2D eigenvalue weighted by molar-refractivity contribution is -0.140. The van der Waals surface area contributed by atoms with Crippen molar-refractivity contribution in [1.29, 1.82) is 0 Å². The summed E-state index contributed by atoms with van der Waals surface area (Å²) in [7, 11) is -2.40. The number of hydrogen-bond acceptors (Lipinski definition) is 5. The third kappa shape index (κ3) is 6.15. The molecule has 8 heteroatoms. The minimum Gasteiger partial charge on any atom is -0.469 e. The van der Waals surface area contributed by atoms with Crippen LogP contribution in [-0.2, 0) is 26.1 Å². The van der Waals surface area contributed by atoms with Crippen molar-refractivity contribution < 1.29 is 22.7 Å². The molecule has 0 spiro atoms. The van der Waals surface area contributed by atoms with Gasteiger partial charge in [-0.1, -0.05) is 50.2 Å². The van der Waals surface area contributed by atoms with Crippen molar-refractivity contribution in [3.05, 3.63) is 65.2 Å². The smallest absolute Gasteiger partial charge is 0.307 e. The van der Waals surface area contributed by atoms with Gasteiger partial charge in [-0.2, -0.15) is 4.31 Å². The zero-order chi connectivity index (χ0) is 23.0. The number of aryl methyl sites for hydroxylation is 1. The average Bonchev–Trinajstić information content (AvgIpc) is 2.77. The molecule has 2 rings (SSSR count). The first-order chi connectivity index (χ1) is 14.7. The molecule has 0 aromatic heterocycles. The van der Waals surface area contributed by atoms with Crippen LogP contribution >= 0.6 is 0 Å². The molecule has 2 aromatic rings. The summed E-state index contributed by atoms with van der Waals surface area (Å²) in [4.78, 5) is 26.7. The van der Waals surface area contributed by atoms with Gasteiger partial charge in [0.2, 0.25) is 10.0 Å². The Balaban J connectivity index is 2.41. The van der Waals surface area contributed by atoms with Gasteiger partial charge in [-0.25, -0.2) is 8.42 Å². The molecule has 0 fully saturated rings. The van der Waals surface area contributed by atoms with E-state index in [4.69, 9.17) is 4.74 Å². The van der Waals surface area contributed by atoms with Crippen molar-refractivity contribution in [3.63, 3.8) is 0 Å². The third-order valence-electron chi connectivity index (χ3n) is 5.10. The lowest BCUT2D eigenvalue weighted by atomic mass is 10.1. The van der Waals surface area contributed by atoms with Gasteiger partial charge in [0.05, 0.1) is 18.4 Å². The molecule has 2 aromatic carbocycles. The Morgan fingerprint density at radius 1 is 1.00 bits per heavy atom. The molecule has 0 N–H and O–H groups in total. The van der Waals surface area contributed by atoms with Crippen LogP contribution in [0.15, 0.2) is 53.4 Å². The molecule has 0 aliphatic heterocycles. The van der Waals surface area contributed by atoms with Crippen molar-refractivity contribution in [2.45, 2.75) is 38.6 Å². The van der Waals surface area contributed by atoms with E-state index in [1.165, 1.54) is 23.5 Å². The molecule has 0 aliphatic carbocycles. The summed E-state index contributed by atoms with van der Waals surface area (Å²) in [5.74, 6) is -0.748. The van der Waals surface area contributed by atoms with E-state index in [1.54, 1.807) is 31.7 Å². The Kier molecular flexibility index (Phi) is 8.76. The van der Waals surface area contributed by atoms with Crippen LogP contribution in [0.1, 0.15) is 41.8 Å². The van der Waals surface area contributed by atoms with Crippen LogP contribution in [0.3, 0.4) is 0 Å². The minimum absolute atomic E-state index is 0.0472. The summed E-state index contributed by atoms with van der Waals surface area (Å²) >= 11 is 0. The number of esters is 1. The zero-order valence-corrected chi connectivity index (χ0v) is 19.3. The lowest BCUT2D eigenvalue weighted by Gasteiger charge is -2.24. The second-order valence-corrected chi connectivity index (χ2v) is 9.04. The highest BCUT2D eigenvalue weighted by Crippen LogP contribution is 2.22. The van der Waals surface area contributed by atoms with Crippen LogP contribution < -0.4 is 0 Å². The van der Waals surface area contributed by atoms with Crippen LogP contribution in [-0.4, -0.2) is 56.2 Å². The van der Waals surface area contributed by atoms with E-state index in [0.29, 0.717) is 30.8 Å². The molecule has 7 nitrogen and oxygen atoms in total. The molecule has 0 unspecified atom stereocenters. The van der Waals surface area contributed by atoms with E-state index < -0.39 is 16.0 Å². The van der Waals surface area contributed by atoms with Crippen molar-refractivity contribution in [3.8, 4) is 0 Å². The first-order valence-electron chi connectivity index (χ1n) is 10.2. The van der Waals surface area contributed by atoms with Crippen molar-refractivity contribution in [2.24, 2.45) is 0 Å². The maximum Gasteiger partial charge on any atom is 0.307 e. The van der Waals surface area contributed by atoms with Gasteiger partial charge in [0.1, 0.15) is 0 Å². The first-order valence-corrected chi connectivity index (χ1v) is 11.7. The van der Waals surface area contributed by atoms with E-state index in [-0.39, 0.29) is 23.8 Å². The van der Waals surface area contributed by atoms with Crippen molar-refractivity contribution in [1.82, 2.24) is 9.21 Å². The number of carbonyl (C=O) groups is 2. The average molecular weight is 447 g/mol. The number of benzene rings is 2. The molecule has 0 bridgehead atoms. The highest BCUT2D eigenvalue weighted by atomic mass is 32.2. The Bertz CT molecular complexity index is 1000. The fourth-order valence-corrected chi connectivity index (χ4v) is 4.74. The maximum absolute atomic E-state index is 13.4. The Labute approximate surface area is 184 Å². The topological polar surface area (TPSA) is 84.0 Å². The van der Waals surface area contributed by atoms with Gasteiger partial charge in [-0.15, -0.1) is 0 Å². The van der Waals surface area contributed by atoms with E-state index >= 15 is 0 Å².